The number of hydrogen-bond acceptors (Lipinski definition) is 3. The minimum Gasteiger partial charge on any atom is -0.358 e. The quantitative estimate of drug-likeness (QED) is 0.809. The van der Waals surface area contributed by atoms with Crippen LogP contribution in [0.25, 0.3) is 0 Å². The van der Waals surface area contributed by atoms with E-state index in [1.54, 1.807) is 6.20 Å². The van der Waals surface area contributed by atoms with E-state index in [1.807, 2.05) is 36.1 Å². The van der Waals surface area contributed by atoms with Crippen LogP contribution in [-0.4, -0.2) is 27.4 Å². The Morgan fingerprint density at radius 2 is 2.04 bits per heavy atom. The molecule has 2 N–H and O–H groups in total. The Bertz CT molecular complexity index is 778. The number of aryl methyl sites for hydroxylation is 1. The molecule has 2 aromatic rings. The van der Waals surface area contributed by atoms with Gasteiger partial charge in [-0.1, -0.05) is 30.3 Å². The van der Waals surface area contributed by atoms with Crippen LogP contribution in [0.15, 0.2) is 42.6 Å². The first-order chi connectivity index (χ1) is 12.1. The second kappa shape index (κ2) is 8.07. The molecule has 25 heavy (non-hydrogen) atoms. The molecule has 0 aliphatic carbocycles. The summed E-state index contributed by atoms with van der Waals surface area (Å²) in [6, 6.07) is 12.0. The average Bonchev–Trinajstić information content (AvgIpc) is 3.01. The van der Waals surface area contributed by atoms with Gasteiger partial charge in [-0.15, -0.1) is 0 Å². The van der Waals surface area contributed by atoms with Gasteiger partial charge in [-0.3, -0.25) is 4.79 Å². The number of carbonyl (C=O) groups is 1. The molecule has 130 valence electrons. The number of aromatic nitrogens is 1. The smallest absolute Gasteiger partial charge is 0.222 e. The van der Waals surface area contributed by atoms with Gasteiger partial charge in [-0.05, 0) is 48.3 Å². The molecule has 5 nitrogen and oxygen atoms in total. The molecule has 1 amide bonds. The highest BCUT2D eigenvalue weighted by atomic mass is 32.1. The molecular weight excluding hydrogens is 332 g/mol. The predicted molar refractivity (Wildman–Crippen MR) is 103 cm³/mol. The lowest BCUT2D eigenvalue weighted by atomic mass is 10.1. The van der Waals surface area contributed by atoms with Crippen molar-refractivity contribution in [3.05, 3.63) is 59.3 Å². The SMILES string of the molecule is Cc1cccnc1NC(=S)NCc1ccccc1CN1CCCC1=O. The zero-order valence-corrected chi connectivity index (χ0v) is 15.1. The summed E-state index contributed by atoms with van der Waals surface area (Å²) in [5.74, 6) is 1.00. The van der Waals surface area contributed by atoms with Crippen LogP contribution in [0.5, 0.6) is 0 Å². The van der Waals surface area contributed by atoms with Crippen molar-refractivity contribution >= 4 is 29.1 Å². The summed E-state index contributed by atoms with van der Waals surface area (Å²) in [6.45, 7) is 4.10. The topological polar surface area (TPSA) is 57.3 Å². The molecular formula is C19H22N4OS. The van der Waals surface area contributed by atoms with E-state index < -0.39 is 0 Å². The number of anilines is 1. The molecule has 1 saturated heterocycles. The van der Waals surface area contributed by atoms with Crippen LogP contribution in [0.4, 0.5) is 5.82 Å². The Kier molecular flexibility index (Phi) is 5.60. The van der Waals surface area contributed by atoms with Crippen molar-refractivity contribution in [3.63, 3.8) is 0 Å². The molecule has 0 unspecified atom stereocenters. The zero-order valence-electron chi connectivity index (χ0n) is 14.3. The standard InChI is InChI=1S/C19H22N4OS/c1-14-6-4-10-20-18(14)22-19(25)21-12-15-7-2-3-8-16(15)13-23-11-5-9-17(23)24/h2-4,6-8,10H,5,9,11-13H2,1H3,(H2,20,21,22,25). The Balaban J connectivity index is 1.60. The second-order valence-electron chi connectivity index (χ2n) is 6.16. The van der Waals surface area contributed by atoms with E-state index in [-0.39, 0.29) is 5.91 Å². The molecule has 0 bridgehead atoms. The number of nitrogens with zero attached hydrogens (tertiary/aromatic N) is 2. The van der Waals surface area contributed by atoms with Crippen molar-refractivity contribution in [2.75, 3.05) is 11.9 Å². The fourth-order valence-electron chi connectivity index (χ4n) is 2.90. The van der Waals surface area contributed by atoms with Crippen molar-refractivity contribution < 1.29 is 4.79 Å². The van der Waals surface area contributed by atoms with Crippen LogP contribution in [0.2, 0.25) is 0 Å². The molecule has 0 saturated carbocycles. The maximum Gasteiger partial charge on any atom is 0.222 e. The predicted octanol–water partition coefficient (Wildman–Crippen LogP) is 3.00. The molecule has 0 spiro atoms. The van der Waals surface area contributed by atoms with Gasteiger partial charge < -0.3 is 15.5 Å². The number of amides is 1. The van der Waals surface area contributed by atoms with Crippen LogP contribution in [0.1, 0.15) is 29.5 Å². The first-order valence-corrected chi connectivity index (χ1v) is 8.85. The summed E-state index contributed by atoms with van der Waals surface area (Å²) in [6.07, 6.45) is 3.36. The number of carbonyl (C=O) groups excluding carboxylic acids is 1. The number of benzene rings is 1. The largest absolute Gasteiger partial charge is 0.358 e. The fraction of sp³-hybridized carbons (Fsp3) is 0.316. The number of likely N-dealkylation sites (tertiary alicyclic amines) is 1. The minimum absolute atomic E-state index is 0.241. The highest BCUT2D eigenvalue weighted by molar-refractivity contribution is 7.80. The van der Waals surface area contributed by atoms with Gasteiger partial charge in [0.15, 0.2) is 5.11 Å². The summed E-state index contributed by atoms with van der Waals surface area (Å²) in [5, 5.41) is 6.89. The third kappa shape index (κ3) is 4.54. The monoisotopic (exact) mass is 354 g/mol. The van der Waals surface area contributed by atoms with Crippen molar-refractivity contribution in [2.45, 2.75) is 32.9 Å². The molecule has 1 aliphatic rings. The van der Waals surface area contributed by atoms with Gasteiger partial charge in [0.25, 0.3) is 0 Å². The van der Waals surface area contributed by atoms with E-state index >= 15 is 0 Å². The molecule has 1 aromatic heterocycles. The van der Waals surface area contributed by atoms with E-state index in [1.165, 1.54) is 0 Å². The van der Waals surface area contributed by atoms with Crippen molar-refractivity contribution in [2.24, 2.45) is 0 Å². The highest BCUT2D eigenvalue weighted by Crippen LogP contribution is 2.17. The van der Waals surface area contributed by atoms with E-state index in [0.29, 0.717) is 24.6 Å². The Labute approximate surface area is 153 Å². The van der Waals surface area contributed by atoms with E-state index in [2.05, 4.69) is 27.8 Å². The molecule has 1 aromatic carbocycles. The van der Waals surface area contributed by atoms with Gasteiger partial charge in [0, 0.05) is 32.3 Å². The number of thiocarbonyl (C=S) groups is 1. The number of hydrogen-bond donors (Lipinski definition) is 2. The van der Waals surface area contributed by atoms with E-state index in [4.69, 9.17) is 12.2 Å². The molecule has 1 aliphatic heterocycles. The molecule has 1 fully saturated rings. The number of nitrogens with one attached hydrogen (secondary N) is 2. The van der Waals surface area contributed by atoms with Gasteiger partial charge in [0.2, 0.25) is 5.91 Å². The average molecular weight is 354 g/mol. The van der Waals surface area contributed by atoms with Crippen LogP contribution in [-0.2, 0) is 17.9 Å². The fourth-order valence-corrected chi connectivity index (χ4v) is 3.07. The molecule has 6 heteroatoms. The van der Waals surface area contributed by atoms with Crippen molar-refractivity contribution in [1.82, 2.24) is 15.2 Å². The van der Waals surface area contributed by atoms with Crippen LogP contribution < -0.4 is 10.6 Å². The maximum absolute atomic E-state index is 11.9. The normalized spacial score (nSPS) is 13.8. The Morgan fingerprint density at radius 3 is 2.76 bits per heavy atom. The third-order valence-electron chi connectivity index (χ3n) is 4.33. The van der Waals surface area contributed by atoms with E-state index in [0.717, 1.165) is 35.5 Å². The third-order valence-corrected chi connectivity index (χ3v) is 4.58. The minimum atomic E-state index is 0.241. The summed E-state index contributed by atoms with van der Waals surface area (Å²) in [4.78, 5) is 18.1. The highest BCUT2D eigenvalue weighted by Gasteiger charge is 2.20. The summed E-state index contributed by atoms with van der Waals surface area (Å²) >= 11 is 5.37. The summed E-state index contributed by atoms with van der Waals surface area (Å²) in [5.41, 5.74) is 3.34. The van der Waals surface area contributed by atoms with Gasteiger partial charge in [0.1, 0.15) is 5.82 Å². The first-order valence-electron chi connectivity index (χ1n) is 8.44. The maximum atomic E-state index is 11.9. The van der Waals surface area contributed by atoms with E-state index in [9.17, 15) is 4.79 Å². The summed E-state index contributed by atoms with van der Waals surface area (Å²) in [7, 11) is 0. The van der Waals surface area contributed by atoms with Gasteiger partial charge in [0.05, 0.1) is 0 Å². The van der Waals surface area contributed by atoms with Crippen molar-refractivity contribution in [1.29, 1.82) is 0 Å². The lowest BCUT2D eigenvalue weighted by molar-refractivity contribution is -0.128. The van der Waals surface area contributed by atoms with Crippen LogP contribution >= 0.6 is 12.2 Å². The number of rotatable bonds is 5. The first kappa shape index (κ1) is 17.4. The van der Waals surface area contributed by atoms with Crippen LogP contribution in [0, 0.1) is 6.92 Å². The van der Waals surface area contributed by atoms with Gasteiger partial charge in [-0.25, -0.2) is 4.98 Å². The lowest BCUT2D eigenvalue weighted by Gasteiger charge is -2.19. The Morgan fingerprint density at radius 1 is 1.24 bits per heavy atom. The molecule has 0 radical (unpaired) electrons. The summed E-state index contributed by atoms with van der Waals surface area (Å²) < 4.78 is 0. The van der Waals surface area contributed by atoms with Crippen LogP contribution in [0.3, 0.4) is 0 Å². The van der Waals surface area contributed by atoms with Gasteiger partial charge in [-0.2, -0.15) is 0 Å². The molecule has 0 atom stereocenters. The number of pyridine rings is 1. The zero-order chi connectivity index (χ0) is 17.6. The Hall–Kier alpha value is -2.47. The molecule has 3 rings (SSSR count). The lowest BCUT2D eigenvalue weighted by Crippen LogP contribution is -2.30. The second-order valence-corrected chi connectivity index (χ2v) is 6.57. The molecule has 2 heterocycles. The van der Waals surface area contributed by atoms with Gasteiger partial charge >= 0.3 is 0 Å². The van der Waals surface area contributed by atoms with Crippen molar-refractivity contribution in [3.8, 4) is 0 Å².